The minimum absolute atomic E-state index is 0.0469. The zero-order valence-corrected chi connectivity index (χ0v) is 33.4. The molecule has 0 bridgehead atoms. The van der Waals surface area contributed by atoms with E-state index in [9.17, 15) is 38.7 Å². The fourth-order valence-electron chi connectivity index (χ4n) is 8.47. The Morgan fingerprint density at radius 3 is 2.48 bits per heavy atom. The second kappa shape index (κ2) is 16.8. The first kappa shape index (κ1) is 42.6. The number of benzene rings is 2. The number of aromatic nitrogens is 2. The molecule has 0 spiro atoms. The lowest BCUT2D eigenvalue weighted by atomic mass is 9.80. The Hall–Kier alpha value is -6.57. The van der Waals surface area contributed by atoms with E-state index >= 15 is 4.39 Å². The molecule has 5 amide bonds. The summed E-state index contributed by atoms with van der Waals surface area (Å²) in [5, 5.41) is 28.3. The normalized spacial score (nSPS) is 18.2. The van der Waals surface area contributed by atoms with Gasteiger partial charge in [-0.3, -0.25) is 28.8 Å². The Morgan fingerprint density at radius 1 is 1.07 bits per heavy atom. The summed E-state index contributed by atoms with van der Waals surface area (Å²) in [4.78, 5) is 98.7. The number of carbonyl (C=O) groups is 6. The van der Waals surface area contributed by atoms with Crippen molar-refractivity contribution < 1.29 is 48.1 Å². The number of nitrogens with two attached hydrogens (primary N) is 2. The molecule has 320 valence electrons. The first-order valence-electron chi connectivity index (χ1n) is 19.7. The van der Waals surface area contributed by atoms with Crippen LogP contribution in [0.2, 0.25) is 0 Å². The zero-order valence-electron chi connectivity index (χ0n) is 33.4. The molecule has 4 heterocycles. The number of nitrogens with zero attached hydrogens (tertiary/aromatic N) is 3. The van der Waals surface area contributed by atoms with Crippen molar-refractivity contribution in [1.82, 2.24) is 30.4 Å². The number of esters is 1. The van der Waals surface area contributed by atoms with Crippen molar-refractivity contribution in [3.05, 3.63) is 97.6 Å². The Morgan fingerprint density at radius 2 is 1.79 bits per heavy atom. The number of pyridine rings is 2. The number of aliphatic hydroxyl groups excluding tert-OH is 1. The van der Waals surface area contributed by atoms with Gasteiger partial charge < -0.3 is 51.8 Å². The minimum atomic E-state index is -2.11. The van der Waals surface area contributed by atoms with Crippen LogP contribution < -0.4 is 33.0 Å². The summed E-state index contributed by atoms with van der Waals surface area (Å²) < 4.78 is 22.3. The van der Waals surface area contributed by atoms with Crippen molar-refractivity contribution in [3.8, 4) is 11.4 Å². The number of aliphatic hydroxyl groups is 2. The number of hydrogen-bond acceptors (Lipinski definition) is 12. The molecule has 0 unspecified atom stereocenters. The molecule has 0 saturated carbocycles. The molecule has 4 atom stereocenters. The van der Waals surface area contributed by atoms with Gasteiger partial charge in [-0.15, -0.1) is 0 Å². The van der Waals surface area contributed by atoms with Gasteiger partial charge in [0.1, 0.15) is 24.5 Å². The summed E-state index contributed by atoms with van der Waals surface area (Å²) in [5.41, 5.74) is 12.2. The van der Waals surface area contributed by atoms with Crippen LogP contribution in [0.4, 0.5) is 4.39 Å². The summed E-state index contributed by atoms with van der Waals surface area (Å²) in [7, 11) is 0. The number of cyclic esters (lactones) is 1. The van der Waals surface area contributed by atoms with Crippen molar-refractivity contribution in [2.75, 3.05) is 26.2 Å². The average molecular weight is 841 g/mol. The van der Waals surface area contributed by atoms with Crippen LogP contribution in [0.15, 0.2) is 47.3 Å². The summed E-state index contributed by atoms with van der Waals surface area (Å²) in [6.07, 6.45) is 0.299. The van der Waals surface area contributed by atoms with Gasteiger partial charge in [-0.05, 0) is 54.5 Å². The van der Waals surface area contributed by atoms with E-state index in [0.717, 1.165) is 0 Å². The van der Waals surface area contributed by atoms with E-state index in [0.29, 0.717) is 33.2 Å². The van der Waals surface area contributed by atoms with Crippen LogP contribution in [-0.4, -0.2) is 98.5 Å². The molecule has 2 aliphatic heterocycles. The number of amides is 5. The standard InChI is InChI=1S/C42H45FN8O10/c1-3-42(60)25-12-31-37-23(16-50(31)39(57)24(25)19-61-41(42)59)36-30(10-9-22-20(2)26(43)13-28(49-37)35(22)36)51(17-32(45)53)40(58)29(11-21-7-5-4-6-8-21)48-34(55)15-46-33(54)14-47-38(56)27(44)18-52/h4-8,12-13,27,29-30,52,60H,3,9-11,14-19,44H2,1-2H3,(H2,45,53)(H,46,54)(H,47,56)(H,48,55)/t27-,29-,30-,42-/m0/s1. The summed E-state index contributed by atoms with van der Waals surface area (Å²) in [5.74, 6) is -5.31. The maximum Gasteiger partial charge on any atom is 0.343 e. The number of primary amides is 1. The van der Waals surface area contributed by atoms with Gasteiger partial charge >= 0.3 is 5.97 Å². The van der Waals surface area contributed by atoms with Gasteiger partial charge in [0.15, 0.2) is 5.60 Å². The summed E-state index contributed by atoms with van der Waals surface area (Å²) in [6, 6.07) is 8.05. The number of hydrogen-bond donors (Lipinski definition) is 7. The molecule has 3 aliphatic rings. The quantitative estimate of drug-likeness (QED) is 0.0671. The molecule has 61 heavy (non-hydrogen) atoms. The van der Waals surface area contributed by atoms with Crippen LogP contribution in [0.1, 0.15) is 64.8 Å². The highest BCUT2D eigenvalue weighted by Gasteiger charge is 2.46. The molecule has 0 radical (unpaired) electrons. The van der Waals surface area contributed by atoms with Crippen molar-refractivity contribution in [2.24, 2.45) is 11.5 Å². The highest BCUT2D eigenvalue weighted by atomic mass is 19.1. The van der Waals surface area contributed by atoms with Crippen LogP contribution in [0.3, 0.4) is 0 Å². The van der Waals surface area contributed by atoms with Crippen LogP contribution in [0.5, 0.6) is 0 Å². The van der Waals surface area contributed by atoms with Gasteiger partial charge in [-0.1, -0.05) is 37.3 Å². The lowest BCUT2D eigenvalue weighted by Crippen LogP contribution is -2.54. The SMILES string of the molecule is CC[C@@]1(O)C(=O)OCc2c1cc1n(c2=O)Cc2c-1nc1cc(F)c(C)c3c1c2[C@@H](N(CC(N)=O)C(=O)[C@H](Cc1ccccc1)NC(=O)CNC(=O)CNC(=O)[C@@H](N)CO)CC3. The van der Waals surface area contributed by atoms with Gasteiger partial charge in [0, 0.05) is 29.0 Å². The Kier molecular flexibility index (Phi) is 11.7. The molecular formula is C42H45FN8O10. The van der Waals surface area contributed by atoms with Gasteiger partial charge in [0.05, 0.1) is 61.3 Å². The largest absolute Gasteiger partial charge is 0.458 e. The van der Waals surface area contributed by atoms with Crippen LogP contribution in [0.25, 0.3) is 22.3 Å². The minimum Gasteiger partial charge on any atom is -0.458 e. The lowest BCUT2D eigenvalue weighted by Gasteiger charge is -2.38. The van der Waals surface area contributed by atoms with Gasteiger partial charge in [0.2, 0.25) is 29.5 Å². The molecule has 7 rings (SSSR count). The Bertz CT molecular complexity index is 2560. The Labute approximate surface area is 347 Å². The van der Waals surface area contributed by atoms with Crippen LogP contribution >= 0.6 is 0 Å². The monoisotopic (exact) mass is 840 g/mol. The third-order valence-corrected chi connectivity index (χ3v) is 11.7. The average Bonchev–Trinajstić information content (AvgIpc) is 3.62. The predicted molar refractivity (Wildman–Crippen MR) is 214 cm³/mol. The zero-order chi connectivity index (χ0) is 43.9. The molecular weight excluding hydrogens is 796 g/mol. The second-order valence-corrected chi connectivity index (χ2v) is 15.4. The van der Waals surface area contributed by atoms with Gasteiger partial charge in [-0.2, -0.15) is 0 Å². The number of rotatable bonds is 14. The van der Waals surface area contributed by atoms with E-state index < -0.39 is 96.8 Å². The highest BCUT2D eigenvalue weighted by Crippen LogP contribution is 2.47. The molecule has 0 saturated heterocycles. The smallest absolute Gasteiger partial charge is 0.343 e. The molecule has 2 aromatic heterocycles. The first-order valence-corrected chi connectivity index (χ1v) is 19.7. The van der Waals surface area contributed by atoms with E-state index in [4.69, 9.17) is 26.3 Å². The maximum atomic E-state index is 15.6. The third-order valence-electron chi connectivity index (χ3n) is 11.7. The lowest BCUT2D eigenvalue weighted by molar-refractivity contribution is -0.172. The van der Waals surface area contributed by atoms with Crippen LogP contribution in [-0.2, 0) is 65.1 Å². The topological polar surface area (TPSA) is 278 Å². The second-order valence-electron chi connectivity index (χ2n) is 15.4. The summed E-state index contributed by atoms with van der Waals surface area (Å²) in [6.45, 7) is 0.403. The van der Waals surface area contributed by atoms with Crippen LogP contribution in [0, 0.1) is 12.7 Å². The fourth-order valence-corrected chi connectivity index (χ4v) is 8.47. The number of aryl methyl sites for hydroxylation is 1. The molecule has 4 aromatic rings. The molecule has 2 aromatic carbocycles. The van der Waals surface area contributed by atoms with Crippen molar-refractivity contribution >= 4 is 46.4 Å². The van der Waals surface area contributed by atoms with Crippen molar-refractivity contribution in [1.29, 1.82) is 0 Å². The van der Waals surface area contributed by atoms with E-state index in [2.05, 4.69) is 16.0 Å². The van der Waals surface area contributed by atoms with Gasteiger partial charge in [-0.25, -0.2) is 14.2 Å². The Balaban J connectivity index is 1.29. The number of halogens is 1. The molecule has 18 nitrogen and oxygen atoms in total. The number of ether oxygens (including phenoxy) is 1. The number of nitrogens with one attached hydrogen (secondary N) is 3. The molecule has 1 aliphatic carbocycles. The summed E-state index contributed by atoms with van der Waals surface area (Å²) >= 11 is 0. The number of fused-ring (bicyclic) bond motifs is 5. The third kappa shape index (κ3) is 7.82. The number of carbonyl (C=O) groups excluding carboxylic acids is 6. The molecule has 19 heteroatoms. The van der Waals surface area contributed by atoms with E-state index in [1.807, 2.05) is 0 Å². The molecule has 0 fully saturated rings. The van der Waals surface area contributed by atoms with E-state index in [1.54, 1.807) is 44.2 Å². The van der Waals surface area contributed by atoms with E-state index in [-0.39, 0.29) is 66.9 Å². The predicted octanol–water partition coefficient (Wildman–Crippen LogP) is -0.892. The maximum absolute atomic E-state index is 15.6. The van der Waals surface area contributed by atoms with Crippen molar-refractivity contribution in [2.45, 2.75) is 76.4 Å². The van der Waals surface area contributed by atoms with Gasteiger partial charge in [0.25, 0.3) is 5.56 Å². The molecule has 9 N–H and O–H groups in total. The fraction of sp³-hybridized carbons (Fsp3) is 0.381. The van der Waals surface area contributed by atoms with E-state index in [1.165, 1.54) is 21.6 Å². The first-order chi connectivity index (χ1) is 29.1. The highest BCUT2D eigenvalue weighted by molar-refractivity contribution is 5.96. The van der Waals surface area contributed by atoms with Crippen molar-refractivity contribution in [3.63, 3.8) is 0 Å².